The predicted molar refractivity (Wildman–Crippen MR) is 137 cm³/mol. The fourth-order valence-corrected chi connectivity index (χ4v) is 4.92. The molecule has 0 saturated carbocycles. The van der Waals surface area contributed by atoms with E-state index in [0.29, 0.717) is 45.5 Å². The number of hydrogen-bond donors (Lipinski definition) is 1. The maximum absolute atomic E-state index is 15.0. The van der Waals surface area contributed by atoms with Crippen LogP contribution in [-0.2, 0) is 7.05 Å². The second-order valence-corrected chi connectivity index (χ2v) is 8.74. The van der Waals surface area contributed by atoms with Gasteiger partial charge in [0.2, 0.25) is 0 Å². The molecule has 0 bridgehead atoms. The summed E-state index contributed by atoms with van der Waals surface area (Å²) in [5, 5.41) is 0.627. The van der Waals surface area contributed by atoms with Crippen molar-refractivity contribution >= 4 is 22.8 Å². The summed E-state index contributed by atoms with van der Waals surface area (Å²) < 4.78 is 16.8. The molecule has 36 heavy (non-hydrogen) atoms. The minimum atomic E-state index is -0.556. The first-order valence-corrected chi connectivity index (χ1v) is 11.5. The van der Waals surface area contributed by atoms with Gasteiger partial charge in [0, 0.05) is 36.5 Å². The quantitative estimate of drug-likeness (QED) is 0.451. The normalized spacial score (nSPS) is 15.1. The number of nitrogens with zero attached hydrogens (tertiary/aromatic N) is 5. The third kappa shape index (κ3) is 3.47. The number of nitrogen functional groups attached to an aromatic ring is 1. The van der Waals surface area contributed by atoms with E-state index < -0.39 is 5.82 Å². The molecule has 3 aromatic heterocycles. The number of rotatable bonds is 3. The lowest BCUT2D eigenvalue weighted by molar-refractivity contribution is 0.0766. The second-order valence-electron chi connectivity index (χ2n) is 8.74. The molecule has 1 aliphatic rings. The summed E-state index contributed by atoms with van der Waals surface area (Å²) >= 11 is 0. The number of benzene rings is 1. The molecule has 0 radical (unpaired) electrons. The molecule has 1 aromatic carbocycles. The number of carbonyl (C=O) groups is 1. The fraction of sp³-hybridized carbons (Fsp3) is 0.214. The first kappa shape index (κ1) is 23.1. The number of anilines is 1. The highest BCUT2D eigenvalue weighted by Gasteiger charge is 2.29. The molecule has 4 aromatic rings. The van der Waals surface area contributed by atoms with Crippen molar-refractivity contribution in [3.05, 3.63) is 59.4 Å². The number of likely N-dealkylation sites (tertiary alicyclic amines) is 1. The summed E-state index contributed by atoms with van der Waals surface area (Å²) in [7, 11) is 1.82. The Hall–Kier alpha value is -4.69. The number of aromatic nitrogens is 4. The lowest BCUT2D eigenvalue weighted by Crippen LogP contribution is -2.34. The summed E-state index contributed by atoms with van der Waals surface area (Å²) in [6.45, 7) is 2.30. The van der Waals surface area contributed by atoms with Gasteiger partial charge in [-0.15, -0.1) is 12.8 Å². The molecule has 2 N–H and O–H groups in total. The Balaban J connectivity index is 1.69. The Bertz CT molecular complexity index is 1610. The molecule has 1 atom stereocenters. The lowest BCUT2D eigenvalue weighted by atomic mass is 9.96. The topological polar surface area (TPSA) is 89.9 Å². The fourth-order valence-electron chi connectivity index (χ4n) is 4.92. The molecule has 1 unspecified atom stereocenters. The maximum Gasteiger partial charge on any atom is 0.254 e. The Kier molecular flexibility index (Phi) is 5.66. The Morgan fingerprint density at radius 2 is 1.94 bits per heavy atom. The van der Waals surface area contributed by atoms with E-state index in [1.54, 1.807) is 30.2 Å². The number of nitrogens with two attached hydrogens (primary N) is 1. The van der Waals surface area contributed by atoms with E-state index in [4.69, 9.17) is 18.6 Å². The van der Waals surface area contributed by atoms with E-state index in [2.05, 4.69) is 26.8 Å². The SMILES string of the molecule is C#Cc1ncc(-c2c(-c3ccc(C(=O)N4CCCC4C#C)cc3)c3c(N)ncnc3n2C)c(C)c1F. The van der Waals surface area contributed by atoms with Crippen molar-refractivity contribution in [1.29, 1.82) is 0 Å². The van der Waals surface area contributed by atoms with E-state index in [-0.39, 0.29) is 23.5 Å². The van der Waals surface area contributed by atoms with Crippen LogP contribution in [-0.4, -0.2) is 42.9 Å². The predicted octanol–water partition coefficient (Wildman–Crippen LogP) is 3.95. The first-order chi connectivity index (χ1) is 17.4. The van der Waals surface area contributed by atoms with Crippen molar-refractivity contribution in [2.24, 2.45) is 7.05 Å². The molecule has 4 heterocycles. The summed E-state index contributed by atoms with van der Waals surface area (Å²) in [4.78, 5) is 27.6. The third-order valence-corrected chi connectivity index (χ3v) is 6.78. The number of carbonyl (C=O) groups excluding carboxylic acids is 1. The summed E-state index contributed by atoms with van der Waals surface area (Å²) in [5.41, 5.74) is 10.4. The molecule has 5 rings (SSSR count). The second kappa shape index (κ2) is 8.83. The van der Waals surface area contributed by atoms with Crippen molar-refractivity contribution in [3.63, 3.8) is 0 Å². The van der Waals surface area contributed by atoms with Crippen molar-refractivity contribution in [1.82, 2.24) is 24.4 Å². The Labute approximate surface area is 208 Å². The van der Waals surface area contributed by atoms with Crippen molar-refractivity contribution < 1.29 is 9.18 Å². The van der Waals surface area contributed by atoms with Crippen LogP contribution in [0.25, 0.3) is 33.4 Å². The minimum Gasteiger partial charge on any atom is -0.383 e. The highest BCUT2D eigenvalue weighted by Crippen LogP contribution is 2.42. The standard InChI is InChI=1S/C28H23FN6O/c1-5-19-8-7-13-35(19)28(36)18-11-9-17(10-12-18)22-23-26(30)32-15-33-27(23)34(4)25(22)20-14-31-21(6-2)24(29)16(20)3/h1-2,9-12,14-15,19H,7-8,13H2,3-4H3,(H2,30,32,33). The van der Waals surface area contributed by atoms with Crippen LogP contribution < -0.4 is 5.73 Å². The number of halogens is 1. The van der Waals surface area contributed by atoms with Gasteiger partial charge in [-0.1, -0.05) is 18.1 Å². The summed E-state index contributed by atoms with van der Waals surface area (Å²) in [6.07, 6.45) is 15.7. The molecule has 0 spiro atoms. The molecule has 1 saturated heterocycles. The number of pyridine rings is 1. The molecule has 178 valence electrons. The van der Waals surface area contributed by atoms with Gasteiger partial charge in [0.25, 0.3) is 5.91 Å². The van der Waals surface area contributed by atoms with E-state index in [1.807, 2.05) is 23.7 Å². The van der Waals surface area contributed by atoms with Gasteiger partial charge < -0.3 is 15.2 Å². The number of amides is 1. The first-order valence-electron chi connectivity index (χ1n) is 11.5. The van der Waals surface area contributed by atoms with Gasteiger partial charge in [0.1, 0.15) is 23.5 Å². The van der Waals surface area contributed by atoms with Crippen LogP contribution >= 0.6 is 0 Å². The van der Waals surface area contributed by atoms with Crippen molar-refractivity contribution in [2.75, 3.05) is 12.3 Å². The van der Waals surface area contributed by atoms with Crippen LogP contribution in [0, 0.1) is 37.4 Å². The number of terminal acetylenes is 2. The van der Waals surface area contributed by atoms with Gasteiger partial charge in [0.05, 0.1) is 17.1 Å². The molecular formula is C28H23FN6O. The monoisotopic (exact) mass is 478 g/mol. The highest BCUT2D eigenvalue weighted by atomic mass is 19.1. The Morgan fingerprint density at radius 1 is 1.19 bits per heavy atom. The van der Waals surface area contributed by atoms with Crippen LogP contribution in [0.15, 0.2) is 36.8 Å². The van der Waals surface area contributed by atoms with Gasteiger partial charge in [-0.05, 0) is 48.9 Å². The molecule has 1 amide bonds. The van der Waals surface area contributed by atoms with E-state index in [1.165, 1.54) is 6.33 Å². The van der Waals surface area contributed by atoms with E-state index in [0.717, 1.165) is 18.4 Å². The van der Waals surface area contributed by atoms with Gasteiger partial charge in [-0.2, -0.15) is 0 Å². The average molecular weight is 479 g/mol. The summed E-state index contributed by atoms with van der Waals surface area (Å²) in [5.74, 6) is 4.61. The number of fused-ring (bicyclic) bond motifs is 1. The zero-order valence-corrected chi connectivity index (χ0v) is 19.9. The smallest absolute Gasteiger partial charge is 0.254 e. The van der Waals surface area contributed by atoms with Crippen LogP contribution in [0.5, 0.6) is 0 Å². The molecular weight excluding hydrogens is 455 g/mol. The average Bonchev–Trinajstić information content (AvgIpc) is 3.49. The molecule has 8 heteroatoms. The molecule has 1 aliphatic heterocycles. The van der Waals surface area contributed by atoms with Gasteiger partial charge in [-0.3, -0.25) is 4.79 Å². The zero-order chi connectivity index (χ0) is 25.6. The molecule has 0 aliphatic carbocycles. The third-order valence-electron chi connectivity index (χ3n) is 6.78. The lowest BCUT2D eigenvalue weighted by Gasteiger charge is -2.20. The highest BCUT2D eigenvalue weighted by molar-refractivity contribution is 6.08. The van der Waals surface area contributed by atoms with Crippen molar-refractivity contribution in [3.8, 4) is 47.1 Å². The van der Waals surface area contributed by atoms with Gasteiger partial charge in [0.15, 0.2) is 5.82 Å². The van der Waals surface area contributed by atoms with Gasteiger partial charge >= 0.3 is 0 Å². The van der Waals surface area contributed by atoms with Crippen LogP contribution in [0.4, 0.5) is 10.2 Å². The van der Waals surface area contributed by atoms with E-state index >= 15 is 0 Å². The molecule has 1 fully saturated rings. The van der Waals surface area contributed by atoms with Crippen molar-refractivity contribution in [2.45, 2.75) is 25.8 Å². The van der Waals surface area contributed by atoms with Crippen LogP contribution in [0.3, 0.4) is 0 Å². The number of hydrogen-bond acceptors (Lipinski definition) is 5. The largest absolute Gasteiger partial charge is 0.383 e. The Morgan fingerprint density at radius 3 is 2.64 bits per heavy atom. The van der Waals surface area contributed by atoms with Gasteiger partial charge in [-0.25, -0.2) is 19.3 Å². The number of aryl methyl sites for hydroxylation is 1. The van der Waals surface area contributed by atoms with Crippen LogP contribution in [0.2, 0.25) is 0 Å². The molecule has 7 nitrogen and oxygen atoms in total. The maximum atomic E-state index is 15.0. The minimum absolute atomic E-state index is 0.0501. The zero-order valence-electron chi connectivity index (χ0n) is 19.9. The summed E-state index contributed by atoms with van der Waals surface area (Å²) in [6, 6.07) is 7.02. The van der Waals surface area contributed by atoms with Crippen LogP contribution in [0.1, 0.15) is 34.5 Å². The van der Waals surface area contributed by atoms with E-state index in [9.17, 15) is 9.18 Å².